The van der Waals surface area contributed by atoms with Crippen molar-refractivity contribution in [1.29, 1.82) is 5.26 Å². The molecule has 1 aliphatic carbocycles. The third kappa shape index (κ3) is 3.08. The molecule has 5 nitrogen and oxygen atoms in total. The normalized spacial score (nSPS) is 12.9. The summed E-state index contributed by atoms with van der Waals surface area (Å²) in [7, 11) is 1.80. The monoisotopic (exact) mass is 272 g/mol. The number of nitriles is 1. The Labute approximate surface area is 119 Å². The fourth-order valence-corrected chi connectivity index (χ4v) is 2.49. The average molecular weight is 272 g/mol. The van der Waals surface area contributed by atoms with Crippen LogP contribution in [0, 0.1) is 11.3 Å². The Kier molecular flexibility index (Phi) is 4.23. The third-order valence-corrected chi connectivity index (χ3v) is 3.34. The Morgan fingerprint density at radius 2 is 2.30 bits per heavy atom. The van der Waals surface area contributed by atoms with Crippen LogP contribution in [0.4, 0.5) is 5.82 Å². The molecule has 1 aromatic rings. The molecule has 0 unspecified atom stereocenters. The van der Waals surface area contributed by atoms with Crippen molar-refractivity contribution in [2.24, 2.45) is 0 Å². The van der Waals surface area contributed by atoms with Crippen LogP contribution in [0.2, 0.25) is 0 Å². The summed E-state index contributed by atoms with van der Waals surface area (Å²) in [5.74, 6) is 0.542. The highest BCUT2D eigenvalue weighted by atomic mass is 16.2. The van der Waals surface area contributed by atoms with Crippen molar-refractivity contribution in [2.45, 2.75) is 39.2 Å². The quantitative estimate of drug-likeness (QED) is 0.899. The summed E-state index contributed by atoms with van der Waals surface area (Å²) < 4.78 is 0. The highest BCUT2D eigenvalue weighted by molar-refractivity contribution is 5.81. The molecule has 0 saturated carbocycles. The Morgan fingerprint density at radius 1 is 1.55 bits per heavy atom. The van der Waals surface area contributed by atoms with Gasteiger partial charge in [-0.15, -0.1) is 0 Å². The summed E-state index contributed by atoms with van der Waals surface area (Å²) in [6.07, 6.45) is 3.04. The first-order valence-electron chi connectivity index (χ1n) is 6.94. The first-order chi connectivity index (χ1) is 9.51. The van der Waals surface area contributed by atoms with Crippen LogP contribution in [0.15, 0.2) is 6.07 Å². The predicted octanol–water partition coefficient (Wildman–Crippen LogP) is 1.40. The second-order valence-corrected chi connectivity index (χ2v) is 5.51. The van der Waals surface area contributed by atoms with E-state index in [2.05, 4.69) is 16.4 Å². The maximum absolute atomic E-state index is 11.8. The van der Waals surface area contributed by atoms with E-state index in [4.69, 9.17) is 0 Å². The lowest BCUT2D eigenvalue weighted by molar-refractivity contribution is -0.120. The number of aromatic nitrogens is 1. The lowest BCUT2D eigenvalue weighted by Crippen LogP contribution is -2.39. The third-order valence-electron chi connectivity index (χ3n) is 3.34. The van der Waals surface area contributed by atoms with Crippen molar-refractivity contribution < 1.29 is 4.79 Å². The van der Waals surface area contributed by atoms with Crippen LogP contribution >= 0.6 is 0 Å². The highest BCUT2D eigenvalue weighted by Gasteiger charge is 2.19. The molecule has 0 aliphatic heterocycles. The molecule has 0 aromatic carbocycles. The second kappa shape index (κ2) is 5.91. The van der Waals surface area contributed by atoms with Gasteiger partial charge in [-0.3, -0.25) is 4.79 Å². The average Bonchev–Trinajstić information content (AvgIpc) is 2.82. The molecule has 106 valence electrons. The van der Waals surface area contributed by atoms with Gasteiger partial charge in [0, 0.05) is 18.8 Å². The van der Waals surface area contributed by atoms with Crippen molar-refractivity contribution in [3.05, 3.63) is 22.9 Å². The van der Waals surface area contributed by atoms with E-state index in [0.717, 1.165) is 25.0 Å². The Morgan fingerprint density at radius 3 is 2.95 bits per heavy atom. The van der Waals surface area contributed by atoms with Gasteiger partial charge in [-0.25, -0.2) is 4.98 Å². The number of amides is 1. The number of hydrogen-bond donors (Lipinski definition) is 1. The van der Waals surface area contributed by atoms with E-state index in [1.54, 1.807) is 11.9 Å². The zero-order valence-corrected chi connectivity index (χ0v) is 12.2. The van der Waals surface area contributed by atoms with E-state index < -0.39 is 0 Å². The summed E-state index contributed by atoms with van der Waals surface area (Å²) in [6, 6.07) is 4.21. The maximum atomic E-state index is 11.8. The van der Waals surface area contributed by atoms with Crippen LogP contribution in [-0.4, -0.2) is 30.5 Å². The van der Waals surface area contributed by atoms with Crippen molar-refractivity contribution in [3.8, 4) is 6.07 Å². The number of nitrogens with zero attached hydrogens (tertiary/aromatic N) is 3. The molecular weight excluding hydrogens is 252 g/mol. The van der Waals surface area contributed by atoms with Crippen molar-refractivity contribution in [2.75, 3.05) is 18.5 Å². The van der Waals surface area contributed by atoms with Crippen LogP contribution in [0.5, 0.6) is 0 Å². The van der Waals surface area contributed by atoms with Gasteiger partial charge in [0.15, 0.2) is 0 Å². The van der Waals surface area contributed by atoms with E-state index in [-0.39, 0.29) is 18.5 Å². The minimum Gasteiger partial charge on any atom is -0.352 e. The van der Waals surface area contributed by atoms with E-state index in [1.807, 2.05) is 19.9 Å². The van der Waals surface area contributed by atoms with Crippen LogP contribution in [0.25, 0.3) is 0 Å². The van der Waals surface area contributed by atoms with Crippen LogP contribution in [-0.2, 0) is 17.6 Å². The van der Waals surface area contributed by atoms with E-state index in [9.17, 15) is 10.1 Å². The van der Waals surface area contributed by atoms with Gasteiger partial charge in [0.25, 0.3) is 0 Å². The van der Waals surface area contributed by atoms with Gasteiger partial charge in [0.1, 0.15) is 11.9 Å². The molecule has 0 saturated heterocycles. The summed E-state index contributed by atoms with van der Waals surface area (Å²) in [6.45, 7) is 4.05. The second-order valence-electron chi connectivity index (χ2n) is 5.51. The van der Waals surface area contributed by atoms with Crippen molar-refractivity contribution in [3.63, 3.8) is 0 Å². The SMILES string of the molecule is CC(C)NC(=O)CN(C)c1nc2c(cc1C#N)CCC2. The van der Waals surface area contributed by atoms with Gasteiger partial charge in [-0.1, -0.05) is 0 Å². The smallest absolute Gasteiger partial charge is 0.239 e. The lowest BCUT2D eigenvalue weighted by atomic mass is 10.1. The molecule has 5 heteroatoms. The molecule has 2 rings (SSSR count). The van der Waals surface area contributed by atoms with Crippen molar-refractivity contribution >= 4 is 11.7 Å². The van der Waals surface area contributed by atoms with Gasteiger partial charge in [0.2, 0.25) is 5.91 Å². The minimum atomic E-state index is -0.0614. The lowest BCUT2D eigenvalue weighted by Gasteiger charge is -2.20. The van der Waals surface area contributed by atoms with Gasteiger partial charge in [-0.2, -0.15) is 5.26 Å². The first kappa shape index (κ1) is 14.3. The Bertz CT molecular complexity index is 560. The number of anilines is 1. The number of likely N-dealkylation sites (N-methyl/N-ethyl adjacent to an activating group) is 1. The molecule has 0 atom stereocenters. The number of hydrogen-bond acceptors (Lipinski definition) is 4. The van der Waals surface area contributed by atoms with E-state index >= 15 is 0 Å². The van der Waals surface area contributed by atoms with Gasteiger partial charge < -0.3 is 10.2 Å². The van der Waals surface area contributed by atoms with E-state index in [1.165, 1.54) is 5.56 Å². The standard InChI is InChI=1S/C15H20N4O/c1-10(2)17-14(20)9-19(3)15-12(8-16)7-11-5-4-6-13(11)18-15/h7,10H,4-6,9H2,1-3H3,(H,17,20). The number of carbonyl (C=O) groups excluding carboxylic acids is 1. The molecule has 1 aromatic heterocycles. The number of nitrogens with one attached hydrogen (secondary N) is 1. The number of aryl methyl sites for hydroxylation is 2. The summed E-state index contributed by atoms with van der Waals surface area (Å²) in [5, 5.41) is 12.1. The maximum Gasteiger partial charge on any atom is 0.239 e. The van der Waals surface area contributed by atoms with Crippen LogP contribution in [0.3, 0.4) is 0 Å². The molecule has 0 fully saturated rings. The molecule has 20 heavy (non-hydrogen) atoms. The molecule has 1 amide bonds. The summed E-state index contributed by atoms with van der Waals surface area (Å²) in [5.41, 5.74) is 2.78. The van der Waals surface area contributed by atoms with E-state index in [0.29, 0.717) is 11.4 Å². The molecule has 1 heterocycles. The molecule has 1 aliphatic rings. The van der Waals surface area contributed by atoms with Crippen LogP contribution in [0.1, 0.15) is 37.1 Å². The molecule has 1 N–H and O–H groups in total. The number of fused-ring (bicyclic) bond motifs is 1. The summed E-state index contributed by atoms with van der Waals surface area (Å²) >= 11 is 0. The largest absolute Gasteiger partial charge is 0.352 e. The fraction of sp³-hybridized carbons (Fsp3) is 0.533. The molecule has 0 radical (unpaired) electrons. The highest BCUT2D eigenvalue weighted by Crippen LogP contribution is 2.26. The van der Waals surface area contributed by atoms with Gasteiger partial charge in [0.05, 0.1) is 12.1 Å². The molecule has 0 spiro atoms. The topological polar surface area (TPSA) is 69.0 Å². The predicted molar refractivity (Wildman–Crippen MR) is 77.5 cm³/mol. The number of carbonyl (C=O) groups is 1. The van der Waals surface area contributed by atoms with Gasteiger partial charge >= 0.3 is 0 Å². The zero-order valence-electron chi connectivity index (χ0n) is 12.2. The van der Waals surface area contributed by atoms with Crippen molar-refractivity contribution in [1.82, 2.24) is 10.3 Å². The molecular formula is C15H20N4O. The fourth-order valence-electron chi connectivity index (χ4n) is 2.49. The summed E-state index contributed by atoms with van der Waals surface area (Å²) in [4.78, 5) is 18.1. The Balaban J connectivity index is 2.19. The van der Waals surface area contributed by atoms with Crippen LogP contribution < -0.4 is 10.2 Å². The Hall–Kier alpha value is -2.09. The number of rotatable bonds is 4. The minimum absolute atomic E-state index is 0.0614. The zero-order chi connectivity index (χ0) is 14.7. The molecule has 0 bridgehead atoms. The first-order valence-corrected chi connectivity index (χ1v) is 6.94. The number of pyridine rings is 1. The van der Waals surface area contributed by atoms with Gasteiger partial charge in [-0.05, 0) is 44.7 Å².